The van der Waals surface area contributed by atoms with Gasteiger partial charge < -0.3 is 4.74 Å². The Morgan fingerprint density at radius 1 is 1.39 bits per heavy atom. The van der Waals surface area contributed by atoms with Crippen LogP contribution in [-0.2, 0) is 19.1 Å². The van der Waals surface area contributed by atoms with Gasteiger partial charge in [-0.1, -0.05) is 25.2 Å². The second-order valence-corrected chi connectivity index (χ2v) is 6.86. The third kappa shape index (κ3) is 3.69. The van der Waals surface area contributed by atoms with Crippen molar-refractivity contribution in [2.75, 3.05) is 0 Å². The van der Waals surface area contributed by atoms with Gasteiger partial charge in [0.2, 0.25) is 0 Å². The third-order valence-corrected chi connectivity index (χ3v) is 4.67. The van der Waals surface area contributed by atoms with Crippen LogP contribution in [0.2, 0.25) is 0 Å². The van der Waals surface area contributed by atoms with Gasteiger partial charge in [0.15, 0.2) is 11.6 Å². The van der Waals surface area contributed by atoms with Gasteiger partial charge in [-0.25, -0.2) is 0 Å². The lowest BCUT2D eigenvalue weighted by Gasteiger charge is -2.33. The van der Waals surface area contributed by atoms with Crippen LogP contribution < -0.4 is 0 Å². The number of hydrogen-bond donors (Lipinski definition) is 0. The molecule has 2 rings (SSSR count). The molecule has 2 aliphatic rings. The quantitative estimate of drug-likeness (QED) is 0.443. The van der Waals surface area contributed by atoms with Gasteiger partial charge in [0.1, 0.15) is 6.10 Å². The van der Waals surface area contributed by atoms with E-state index in [1.807, 2.05) is 26.0 Å². The monoisotopic (exact) mass is 316 g/mol. The van der Waals surface area contributed by atoms with E-state index in [0.717, 1.165) is 5.57 Å². The van der Waals surface area contributed by atoms with Crippen LogP contribution in [0.1, 0.15) is 46.5 Å². The molecule has 1 saturated heterocycles. The molecule has 0 radical (unpaired) electrons. The first-order valence-corrected chi connectivity index (χ1v) is 8.03. The molecule has 3 atom stereocenters. The van der Waals surface area contributed by atoms with E-state index in [9.17, 15) is 14.4 Å². The fourth-order valence-corrected chi connectivity index (χ4v) is 3.29. The van der Waals surface area contributed by atoms with Crippen LogP contribution in [0.5, 0.6) is 0 Å². The normalized spacial score (nSPS) is 30.7. The van der Waals surface area contributed by atoms with E-state index in [4.69, 9.17) is 4.74 Å². The molecule has 1 heterocycles. The van der Waals surface area contributed by atoms with Crippen molar-refractivity contribution in [3.05, 3.63) is 36.0 Å². The number of carbonyl (C=O) groups is 3. The Morgan fingerprint density at radius 3 is 2.74 bits per heavy atom. The summed E-state index contributed by atoms with van der Waals surface area (Å²) in [6.45, 7) is 9.28. The zero-order chi connectivity index (χ0) is 17.2. The molecule has 124 valence electrons. The number of Topliss-reactive ketones (excluding diaryl/α,β-unsaturated/α-hetero) is 1. The molecule has 4 nitrogen and oxygen atoms in total. The first-order chi connectivity index (χ1) is 10.7. The molecule has 1 spiro atoms. The van der Waals surface area contributed by atoms with Gasteiger partial charge in [-0.15, -0.1) is 0 Å². The summed E-state index contributed by atoms with van der Waals surface area (Å²) in [6, 6.07) is 0. The summed E-state index contributed by atoms with van der Waals surface area (Å²) >= 11 is 0. The first kappa shape index (κ1) is 17.4. The van der Waals surface area contributed by atoms with Crippen molar-refractivity contribution in [1.82, 2.24) is 0 Å². The highest BCUT2D eigenvalue weighted by atomic mass is 16.6. The SMILES string of the molecule is C=C(C)C(=O)CC/C(C)=C/[C@H]1OC(=O)CC12C[C@H](C)C=CC2=O. The number of ketones is 2. The van der Waals surface area contributed by atoms with Crippen molar-refractivity contribution >= 4 is 17.5 Å². The van der Waals surface area contributed by atoms with Crippen LogP contribution in [0.3, 0.4) is 0 Å². The topological polar surface area (TPSA) is 60.4 Å². The van der Waals surface area contributed by atoms with Crippen molar-refractivity contribution in [1.29, 1.82) is 0 Å². The lowest BCUT2D eigenvalue weighted by Crippen LogP contribution is -2.40. The smallest absolute Gasteiger partial charge is 0.307 e. The van der Waals surface area contributed by atoms with E-state index >= 15 is 0 Å². The Morgan fingerprint density at radius 2 is 2.09 bits per heavy atom. The average molecular weight is 316 g/mol. The van der Waals surface area contributed by atoms with Gasteiger partial charge in [-0.2, -0.15) is 0 Å². The Bertz CT molecular complexity index is 611. The number of rotatable bonds is 5. The van der Waals surface area contributed by atoms with Gasteiger partial charge in [0.05, 0.1) is 11.8 Å². The molecule has 0 aromatic carbocycles. The van der Waals surface area contributed by atoms with Crippen molar-refractivity contribution in [2.45, 2.75) is 52.6 Å². The second-order valence-electron chi connectivity index (χ2n) is 6.86. The molecule has 0 saturated carbocycles. The highest BCUT2D eigenvalue weighted by Crippen LogP contribution is 2.46. The molecule has 0 aromatic rings. The number of hydrogen-bond acceptors (Lipinski definition) is 4. The lowest BCUT2D eigenvalue weighted by molar-refractivity contribution is -0.140. The molecule has 0 N–H and O–H groups in total. The Hall–Kier alpha value is -1.97. The predicted octanol–water partition coefficient (Wildman–Crippen LogP) is 3.33. The second kappa shape index (κ2) is 6.65. The maximum absolute atomic E-state index is 12.4. The maximum Gasteiger partial charge on any atom is 0.307 e. The third-order valence-electron chi connectivity index (χ3n) is 4.67. The lowest BCUT2D eigenvalue weighted by atomic mass is 9.67. The fraction of sp³-hybridized carbons (Fsp3) is 0.526. The van der Waals surface area contributed by atoms with Gasteiger partial charge in [0.25, 0.3) is 0 Å². The average Bonchev–Trinajstić information content (AvgIpc) is 2.77. The van der Waals surface area contributed by atoms with Crippen LogP contribution in [0, 0.1) is 11.3 Å². The minimum absolute atomic E-state index is 0.0289. The highest BCUT2D eigenvalue weighted by molar-refractivity contribution is 6.00. The zero-order valence-corrected chi connectivity index (χ0v) is 14.1. The molecule has 0 aromatic heterocycles. The molecule has 4 heteroatoms. The van der Waals surface area contributed by atoms with Crippen LogP contribution in [0.25, 0.3) is 0 Å². The molecule has 0 bridgehead atoms. The Kier molecular flexibility index (Phi) is 5.03. The molecule has 1 fully saturated rings. The fourth-order valence-electron chi connectivity index (χ4n) is 3.29. The van der Waals surface area contributed by atoms with E-state index in [1.165, 1.54) is 0 Å². The Balaban J connectivity index is 2.16. The maximum atomic E-state index is 12.4. The summed E-state index contributed by atoms with van der Waals surface area (Å²) in [5, 5.41) is 0. The summed E-state index contributed by atoms with van der Waals surface area (Å²) < 4.78 is 5.43. The number of allylic oxidation sites excluding steroid dienone is 4. The van der Waals surface area contributed by atoms with E-state index in [-0.39, 0.29) is 29.9 Å². The molecule has 0 amide bonds. The van der Waals surface area contributed by atoms with Crippen LogP contribution >= 0.6 is 0 Å². The number of ether oxygens (including phenoxy) is 1. The molecule has 1 aliphatic carbocycles. The minimum atomic E-state index is -0.773. The standard InChI is InChI=1S/C19H24O4/c1-12(2)15(20)7-5-13(3)9-17-19(11-18(22)23-17)10-14(4)6-8-16(19)21/h6,8-9,14,17H,1,5,7,10-11H2,2-4H3/b13-9+/t14-,17-,19?/m1/s1. The summed E-state index contributed by atoms with van der Waals surface area (Å²) in [4.78, 5) is 35.9. The van der Waals surface area contributed by atoms with Crippen molar-refractivity contribution < 1.29 is 19.1 Å². The molecular weight excluding hydrogens is 292 g/mol. The van der Waals surface area contributed by atoms with Crippen molar-refractivity contribution in [2.24, 2.45) is 11.3 Å². The van der Waals surface area contributed by atoms with Crippen LogP contribution in [-0.4, -0.2) is 23.6 Å². The molecule has 1 aliphatic heterocycles. The van der Waals surface area contributed by atoms with Gasteiger partial charge >= 0.3 is 5.97 Å². The van der Waals surface area contributed by atoms with Gasteiger partial charge in [0, 0.05) is 6.42 Å². The Labute approximate surface area is 137 Å². The van der Waals surface area contributed by atoms with Crippen molar-refractivity contribution in [3.8, 4) is 0 Å². The molecule has 1 unspecified atom stereocenters. The van der Waals surface area contributed by atoms with E-state index in [1.54, 1.807) is 13.0 Å². The molecular formula is C19H24O4. The van der Waals surface area contributed by atoms with E-state index in [2.05, 4.69) is 6.58 Å². The summed E-state index contributed by atoms with van der Waals surface area (Å²) in [7, 11) is 0. The molecule has 23 heavy (non-hydrogen) atoms. The highest BCUT2D eigenvalue weighted by Gasteiger charge is 2.54. The first-order valence-electron chi connectivity index (χ1n) is 8.03. The summed E-state index contributed by atoms with van der Waals surface area (Å²) in [5.41, 5.74) is 0.724. The largest absolute Gasteiger partial charge is 0.457 e. The van der Waals surface area contributed by atoms with Crippen molar-refractivity contribution in [3.63, 3.8) is 0 Å². The number of cyclic esters (lactones) is 1. The van der Waals surface area contributed by atoms with Gasteiger partial charge in [-0.3, -0.25) is 14.4 Å². The van der Waals surface area contributed by atoms with Gasteiger partial charge in [-0.05, 0) is 50.3 Å². The van der Waals surface area contributed by atoms with Crippen LogP contribution in [0.4, 0.5) is 0 Å². The number of esters is 1. The summed E-state index contributed by atoms with van der Waals surface area (Å²) in [6.07, 6.45) is 6.50. The summed E-state index contributed by atoms with van der Waals surface area (Å²) in [5.74, 6) is -0.0917. The van der Waals surface area contributed by atoms with E-state index in [0.29, 0.717) is 24.8 Å². The number of carbonyl (C=O) groups excluding carboxylic acids is 3. The minimum Gasteiger partial charge on any atom is -0.457 e. The van der Waals surface area contributed by atoms with E-state index < -0.39 is 11.5 Å². The van der Waals surface area contributed by atoms with Crippen LogP contribution in [0.15, 0.2) is 36.0 Å². The predicted molar refractivity (Wildman–Crippen MR) is 87.7 cm³/mol. The zero-order valence-electron chi connectivity index (χ0n) is 14.1.